The Balaban J connectivity index is 2.82. The quantitative estimate of drug-likeness (QED) is 0.807. The number of nitrogens with one attached hydrogen (secondary N) is 2. The number of carbonyl (C=O) groups excluding carboxylic acids is 1. The van der Waals surface area contributed by atoms with Gasteiger partial charge in [0.2, 0.25) is 0 Å². The molecule has 0 radical (unpaired) electrons. The summed E-state index contributed by atoms with van der Waals surface area (Å²) in [6.45, 7) is 5.16. The second kappa shape index (κ2) is 7.96. The Kier molecular flexibility index (Phi) is 6.59. The van der Waals surface area contributed by atoms with Gasteiger partial charge in [0.25, 0.3) is 5.91 Å². The second-order valence-corrected chi connectivity index (χ2v) is 4.52. The number of aromatic nitrogens is 1. The van der Waals surface area contributed by atoms with E-state index in [-0.39, 0.29) is 11.9 Å². The molecule has 0 spiro atoms. The van der Waals surface area contributed by atoms with Gasteiger partial charge in [-0.3, -0.25) is 4.79 Å². The largest absolute Gasteiger partial charge is 0.383 e. The van der Waals surface area contributed by atoms with E-state index in [1.54, 1.807) is 13.2 Å². The zero-order valence-electron chi connectivity index (χ0n) is 11.5. The van der Waals surface area contributed by atoms with Crippen molar-refractivity contribution in [2.45, 2.75) is 26.3 Å². The lowest BCUT2D eigenvalue weighted by molar-refractivity contribution is 0.0894. The van der Waals surface area contributed by atoms with Crippen LogP contribution in [0, 0.1) is 0 Å². The van der Waals surface area contributed by atoms with Crippen LogP contribution in [0.5, 0.6) is 0 Å². The van der Waals surface area contributed by atoms with Crippen molar-refractivity contribution in [1.29, 1.82) is 0 Å². The Morgan fingerprint density at radius 1 is 1.53 bits per heavy atom. The first-order chi connectivity index (χ1) is 9.12. The number of pyridine rings is 1. The number of methoxy groups -OCH3 is 1. The second-order valence-electron chi connectivity index (χ2n) is 4.11. The number of anilines is 1. The molecule has 0 saturated carbocycles. The molecule has 1 aromatic rings. The van der Waals surface area contributed by atoms with Gasteiger partial charge < -0.3 is 15.4 Å². The van der Waals surface area contributed by atoms with Crippen molar-refractivity contribution in [1.82, 2.24) is 10.3 Å². The molecule has 0 aliphatic heterocycles. The number of carbonyl (C=O) groups is 1. The molecule has 1 heterocycles. The van der Waals surface area contributed by atoms with Crippen LogP contribution in [0.3, 0.4) is 0 Å². The first-order valence-corrected chi connectivity index (χ1v) is 6.69. The van der Waals surface area contributed by atoms with Crippen LogP contribution in [0.1, 0.15) is 30.6 Å². The lowest BCUT2D eigenvalue weighted by Gasteiger charge is -2.16. The first kappa shape index (κ1) is 15.7. The maximum absolute atomic E-state index is 12.2. The minimum Gasteiger partial charge on any atom is -0.383 e. The van der Waals surface area contributed by atoms with E-state index in [1.165, 1.54) is 6.20 Å². The van der Waals surface area contributed by atoms with E-state index in [0.717, 1.165) is 13.0 Å². The smallest absolute Gasteiger partial charge is 0.253 e. The molecule has 1 rings (SSSR count). The Morgan fingerprint density at radius 2 is 2.26 bits per heavy atom. The van der Waals surface area contributed by atoms with E-state index in [2.05, 4.69) is 15.6 Å². The average molecular weight is 286 g/mol. The predicted octanol–water partition coefficient (Wildman–Crippen LogP) is 2.32. The summed E-state index contributed by atoms with van der Waals surface area (Å²) in [5.41, 5.74) is 0.419. The Morgan fingerprint density at radius 3 is 2.84 bits per heavy atom. The van der Waals surface area contributed by atoms with Gasteiger partial charge in [0.15, 0.2) is 0 Å². The maximum atomic E-state index is 12.2. The fourth-order valence-corrected chi connectivity index (χ4v) is 1.81. The van der Waals surface area contributed by atoms with E-state index < -0.39 is 0 Å². The third kappa shape index (κ3) is 4.69. The summed E-state index contributed by atoms with van der Waals surface area (Å²) in [6, 6.07) is 1.63. The summed E-state index contributed by atoms with van der Waals surface area (Å²) < 4.78 is 5.05. The van der Waals surface area contributed by atoms with E-state index in [9.17, 15) is 4.79 Å². The SMILES string of the molecule is CCNc1cc(C(=O)NC(CC)COC)c(Cl)cn1. The van der Waals surface area contributed by atoms with Crippen molar-refractivity contribution < 1.29 is 9.53 Å². The van der Waals surface area contributed by atoms with Crippen LogP contribution < -0.4 is 10.6 Å². The molecular formula is C13H20ClN3O2. The number of ether oxygens (including phenoxy) is 1. The van der Waals surface area contributed by atoms with Crippen LogP contribution in [0.25, 0.3) is 0 Å². The van der Waals surface area contributed by atoms with Crippen molar-refractivity contribution in [2.24, 2.45) is 0 Å². The van der Waals surface area contributed by atoms with Crippen LogP contribution in [0.4, 0.5) is 5.82 Å². The van der Waals surface area contributed by atoms with Crippen LogP contribution in [-0.2, 0) is 4.74 Å². The van der Waals surface area contributed by atoms with Crippen molar-refractivity contribution in [3.05, 3.63) is 22.8 Å². The van der Waals surface area contributed by atoms with Gasteiger partial charge in [-0.25, -0.2) is 4.98 Å². The summed E-state index contributed by atoms with van der Waals surface area (Å²) in [4.78, 5) is 16.3. The molecule has 0 saturated heterocycles. The minimum atomic E-state index is -0.213. The van der Waals surface area contributed by atoms with E-state index >= 15 is 0 Å². The van der Waals surface area contributed by atoms with Gasteiger partial charge in [-0.15, -0.1) is 0 Å². The molecule has 0 aliphatic carbocycles. The normalized spacial score (nSPS) is 12.0. The fraction of sp³-hybridized carbons (Fsp3) is 0.538. The highest BCUT2D eigenvalue weighted by Gasteiger charge is 2.15. The lowest BCUT2D eigenvalue weighted by Crippen LogP contribution is -2.37. The van der Waals surface area contributed by atoms with Gasteiger partial charge >= 0.3 is 0 Å². The number of rotatable bonds is 7. The van der Waals surface area contributed by atoms with E-state index in [1.807, 2.05) is 13.8 Å². The Hall–Kier alpha value is -1.33. The van der Waals surface area contributed by atoms with Crippen LogP contribution in [0.15, 0.2) is 12.3 Å². The summed E-state index contributed by atoms with van der Waals surface area (Å²) in [5, 5.41) is 6.28. The van der Waals surface area contributed by atoms with Crippen LogP contribution in [0.2, 0.25) is 5.02 Å². The molecular weight excluding hydrogens is 266 g/mol. The molecule has 0 fully saturated rings. The van der Waals surface area contributed by atoms with Gasteiger partial charge in [0.05, 0.1) is 23.2 Å². The first-order valence-electron chi connectivity index (χ1n) is 6.31. The van der Waals surface area contributed by atoms with Crippen LogP contribution in [-0.4, -0.2) is 37.2 Å². The highest BCUT2D eigenvalue weighted by Crippen LogP contribution is 2.18. The molecule has 0 bridgehead atoms. The zero-order valence-corrected chi connectivity index (χ0v) is 12.3. The molecule has 2 N–H and O–H groups in total. The zero-order chi connectivity index (χ0) is 14.3. The van der Waals surface area contributed by atoms with Gasteiger partial charge in [-0.1, -0.05) is 18.5 Å². The molecule has 1 unspecified atom stereocenters. The highest BCUT2D eigenvalue weighted by molar-refractivity contribution is 6.33. The molecule has 5 nitrogen and oxygen atoms in total. The monoisotopic (exact) mass is 285 g/mol. The average Bonchev–Trinajstić information content (AvgIpc) is 2.40. The molecule has 106 valence electrons. The van der Waals surface area contributed by atoms with E-state index in [4.69, 9.17) is 16.3 Å². The minimum absolute atomic E-state index is 0.0238. The maximum Gasteiger partial charge on any atom is 0.253 e. The third-order valence-corrected chi connectivity index (χ3v) is 2.95. The molecule has 0 aromatic carbocycles. The number of hydrogen-bond acceptors (Lipinski definition) is 4. The molecule has 19 heavy (non-hydrogen) atoms. The van der Waals surface area contributed by atoms with Gasteiger partial charge in [-0.05, 0) is 19.4 Å². The van der Waals surface area contributed by atoms with Crippen LogP contribution >= 0.6 is 11.6 Å². The van der Waals surface area contributed by atoms with Gasteiger partial charge in [0.1, 0.15) is 5.82 Å². The number of amides is 1. The number of nitrogens with zero attached hydrogens (tertiary/aromatic N) is 1. The molecule has 0 aliphatic rings. The summed E-state index contributed by atoms with van der Waals surface area (Å²) in [6.07, 6.45) is 2.27. The molecule has 6 heteroatoms. The lowest BCUT2D eigenvalue weighted by atomic mass is 10.2. The summed E-state index contributed by atoms with van der Waals surface area (Å²) in [7, 11) is 1.61. The van der Waals surface area contributed by atoms with Gasteiger partial charge in [0, 0.05) is 19.9 Å². The predicted molar refractivity (Wildman–Crippen MR) is 76.8 cm³/mol. The fourth-order valence-electron chi connectivity index (χ4n) is 1.62. The standard InChI is InChI=1S/C13H20ClN3O2/c1-4-9(8-19-3)17-13(18)10-6-12(15-5-2)16-7-11(10)14/h6-7,9H,4-5,8H2,1-3H3,(H,15,16)(H,17,18). The molecule has 1 atom stereocenters. The van der Waals surface area contributed by atoms with E-state index in [0.29, 0.717) is 23.0 Å². The molecule has 1 amide bonds. The van der Waals surface area contributed by atoms with Crippen molar-refractivity contribution in [2.75, 3.05) is 25.6 Å². The highest BCUT2D eigenvalue weighted by atomic mass is 35.5. The summed E-state index contributed by atoms with van der Waals surface area (Å²) >= 11 is 6.01. The summed E-state index contributed by atoms with van der Waals surface area (Å²) in [5.74, 6) is 0.423. The van der Waals surface area contributed by atoms with Crippen molar-refractivity contribution in [3.8, 4) is 0 Å². The number of hydrogen-bond donors (Lipinski definition) is 2. The number of halogens is 1. The Labute approximate surface area is 118 Å². The topological polar surface area (TPSA) is 63.2 Å². The third-order valence-electron chi connectivity index (χ3n) is 2.65. The van der Waals surface area contributed by atoms with Gasteiger partial charge in [-0.2, -0.15) is 0 Å². The molecule has 1 aromatic heterocycles. The van der Waals surface area contributed by atoms with Crippen molar-refractivity contribution >= 4 is 23.3 Å². The Bertz CT molecular complexity index is 426. The van der Waals surface area contributed by atoms with Crippen molar-refractivity contribution in [3.63, 3.8) is 0 Å².